The van der Waals surface area contributed by atoms with Crippen molar-refractivity contribution < 1.29 is 9.53 Å². The van der Waals surface area contributed by atoms with Gasteiger partial charge in [0.25, 0.3) is 0 Å². The fourth-order valence-electron chi connectivity index (χ4n) is 2.28. The molecule has 3 N–H and O–H groups in total. The number of nitrogens with two attached hydrogens (primary N) is 1. The van der Waals surface area contributed by atoms with Crippen molar-refractivity contribution in [3.63, 3.8) is 0 Å². The number of carbonyl (C=O) groups excluding carboxylic acids is 1. The second-order valence-electron chi connectivity index (χ2n) is 4.79. The largest absolute Gasteiger partial charge is 0.381 e. The van der Waals surface area contributed by atoms with Gasteiger partial charge >= 0.3 is 0 Å². The van der Waals surface area contributed by atoms with E-state index in [2.05, 4.69) is 24.1 Å². The summed E-state index contributed by atoms with van der Waals surface area (Å²) in [6.45, 7) is 9.29. The zero-order valence-corrected chi connectivity index (χ0v) is 11.7. The van der Waals surface area contributed by atoms with Crippen molar-refractivity contribution in [1.29, 1.82) is 0 Å². The van der Waals surface area contributed by atoms with Crippen molar-refractivity contribution in [1.82, 2.24) is 10.2 Å². The average Bonchev–Trinajstić information content (AvgIpc) is 2.43. The lowest BCUT2D eigenvalue weighted by atomic mass is 9.92. The molecule has 1 rings (SSSR count). The predicted molar refractivity (Wildman–Crippen MR) is 72.3 cm³/mol. The van der Waals surface area contributed by atoms with Gasteiger partial charge in [-0.2, -0.15) is 0 Å². The van der Waals surface area contributed by atoms with Crippen LogP contribution in [0.3, 0.4) is 0 Å². The molecule has 0 aromatic heterocycles. The van der Waals surface area contributed by atoms with Gasteiger partial charge in [0, 0.05) is 26.3 Å². The summed E-state index contributed by atoms with van der Waals surface area (Å²) in [4.78, 5) is 14.2. The van der Waals surface area contributed by atoms with E-state index < -0.39 is 0 Å². The summed E-state index contributed by atoms with van der Waals surface area (Å²) in [6, 6.07) is -0.384. The molecule has 0 aromatic rings. The van der Waals surface area contributed by atoms with E-state index >= 15 is 0 Å². The Hall–Kier alpha value is -0.650. The molecule has 1 fully saturated rings. The highest BCUT2D eigenvalue weighted by Crippen LogP contribution is 2.17. The quantitative estimate of drug-likeness (QED) is 0.683. The number of rotatable bonds is 7. The Labute approximate surface area is 110 Å². The Bertz CT molecular complexity index is 238. The van der Waals surface area contributed by atoms with Gasteiger partial charge in [0.1, 0.15) is 0 Å². The fraction of sp³-hybridized carbons (Fsp3) is 0.923. The number of likely N-dealkylation sites (N-methyl/N-ethyl adjacent to an activating group) is 1. The van der Waals surface area contributed by atoms with Crippen LogP contribution in [0, 0.1) is 5.92 Å². The van der Waals surface area contributed by atoms with Crippen molar-refractivity contribution in [3.8, 4) is 0 Å². The molecule has 18 heavy (non-hydrogen) atoms. The van der Waals surface area contributed by atoms with Gasteiger partial charge in [0.15, 0.2) is 0 Å². The third-order valence-electron chi connectivity index (χ3n) is 3.70. The number of carbonyl (C=O) groups is 1. The first kappa shape index (κ1) is 15.4. The van der Waals surface area contributed by atoms with Gasteiger partial charge in [0.05, 0.1) is 6.04 Å². The van der Waals surface area contributed by atoms with Gasteiger partial charge in [-0.25, -0.2) is 0 Å². The SMILES string of the molecule is CCN(CC)CCNC(=O)C(N)C1CCOCC1. The van der Waals surface area contributed by atoms with Crippen LogP contribution in [0.1, 0.15) is 26.7 Å². The molecule has 1 saturated heterocycles. The summed E-state index contributed by atoms with van der Waals surface area (Å²) in [7, 11) is 0. The standard InChI is InChI=1S/C13H27N3O2/c1-3-16(4-2)8-7-15-13(17)12(14)11-5-9-18-10-6-11/h11-12H,3-10,14H2,1-2H3,(H,15,17). The third-order valence-corrected chi connectivity index (χ3v) is 3.70. The van der Waals surface area contributed by atoms with E-state index in [0.717, 1.165) is 45.7 Å². The second-order valence-corrected chi connectivity index (χ2v) is 4.79. The summed E-state index contributed by atoms with van der Waals surface area (Å²) in [6.07, 6.45) is 1.79. The molecule has 1 amide bonds. The van der Waals surface area contributed by atoms with Gasteiger partial charge in [-0.3, -0.25) is 4.79 Å². The molecule has 1 unspecified atom stereocenters. The highest BCUT2D eigenvalue weighted by molar-refractivity contribution is 5.81. The first-order chi connectivity index (χ1) is 8.69. The van der Waals surface area contributed by atoms with Gasteiger partial charge in [-0.05, 0) is 31.8 Å². The van der Waals surface area contributed by atoms with Crippen LogP contribution < -0.4 is 11.1 Å². The summed E-state index contributed by atoms with van der Waals surface area (Å²) >= 11 is 0. The van der Waals surface area contributed by atoms with Crippen molar-refractivity contribution in [2.45, 2.75) is 32.7 Å². The maximum atomic E-state index is 11.9. The highest BCUT2D eigenvalue weighted by atomic mass is 16.5. The molecule has 1 aliphatic heterocycles. The number of nitrogens with zero attached hydrogens (tertiary/aromatic N) is 1. The van der Waals surface area contributed by atoms with E-state index in [0.29, 0.717) is 6.54 Å². The molecule has 1 atom stereocenters. The lowest BCUT2D eigenvalue weighted by Crippen LogP contribution is -2.48. The minimum Gasteiger partial charge on any atom is -0.381 e. The highest BCUT2D eigenvalue weighted by Gasteiger charge is 2.26. The molecule has 0 bridgehead atoms. The number of hydrogen-bond acceptors (Lipinski definition) is 4. The molecule has 5 heteroatoms. The van der Waals surface area contributed by atoms with E-state index in [4.69, 9.17) is 10.5 Å². The van der Waals surface area contributed by atoms with Gasteiger partial charge in [-0.15, -0.1) is 0 Å². The topological polar surface area (TPSA) is 67.6 Å². The van der Waals surface area contributed by atoms with E-state index in [1.54, 1.807) is 0 Å². The maximum absolute atomic E-state index is 11.9. The molecule has 0 saturated carbocycles. The molecular weight excluding hydrogens is 230 g/mol. The molecule has 5 nitrogen and oxygen atoms in total. The molecule has 1 aliphatic rings. The average molecular weight is 257 g/mol. The molecule has 0 spiro atoms. The lowest BCUT2D eigenvalue weighted by Gasteiger charge is -2.27. The molecule has 0 aliphatic carbocycles. The van der Waals surface area contributed by atoms with E-state index in [-0.39, 0.29) is 17.9 Å². The van der Waals surface area contributed by atoms with Crippen LogP contribution in [0.4, 0.5) is 0 Å². The lowest BCUT2D eigenvalue weighted by molar-refractivity contribution is -0.124. The zero-order valence-electron chi connectivity index (χ0n) is 11.7. The Kier molecular flexibility index (Phi) is 7.23. The Morgan fingerprint density at radius 3 is 2.56 bits per heavy atom. The van der Waals surface area contributed by atoms with Crippen LogP contribution >= 0.6 is 0 Å². The van der Waals surface area contributed by atoms with Crippen LogP contribution in [-0.2, 0) is 9.53 Å². The Balaban J connectivity index is 2.22. The minimum atomic E-state index is -0.384. The van der Waals surface area contributed by atoms with Crippen molar-refractivity contribution in [2.75, 3.05) is 39.4 Å². The van der Waals surface area contributed by atoms with Crippen molar-refractivity contribution in [2.24, 2.45) is 11.7 Å². The van der Waals surface area contributed by atoms with Crippen LogP contribution in [-0.4, -0.2) is 56.2 Å². The monoisotopic (exact) mass is 257 g/mol. The van der Waals surface area contributed by atoms with Crippen LogP contribution in [0.2, 0.25) is 0 Å². The Morgan fingerprint density at radius 1 is 1.39 bits per heavy atom. The van der Waals surface area contributed by atoms with Crippen LogP contribution in [0.15, 0.2) is 0 Å². The summed E-state index contributed by atoms with van der Waals surface area (Å²) in [5, 5.41) is 2.93. The van der Waals surface area contributed by atoms with Crippen molar-refractivity contribution in [3.05, 3.63) is 0 Å². The first-order valence-corrected chi connectivity index (χ1v) is 7.02. The van der Waals surface area contributed by atoms with E-state index in [1.165, 1.54) is 0 Å². The minimum absolute atomic E-state index is 0.0194. The van der Waals surface area contributed by atoms with Crippen molar-refractivity contribution >= 4 is 5.91 Å². The zero-order chi connectivity index (χ0) is 13.4. The van der Waals surface area contributed by atoms with E-state index in [1.807, 2.05) is 0 Å². The smallest absolute Gasteiger partial charge is 0.237 e. The summed E-state index contributed by atoms with van der Waals surface area (Å²) in [5.74, 6) is 0.251. The fourth-order valence-corrected chi connectivity index (χ4v) is 2.28. The van der Waals surface area contributed by atoms with Gasteiger partial charge in [-0.1, -0.05) is 13.8 Å². The predicted octanol–water partition coefficient (Wildman–Crippen LogP) is 0.198. The number of amides is 1. The maximum Gasteiger partial charge on any atom is 0.237 e. The molecule has 0 radical (unpaired) electrons. The second kappa shape index (κ2) is 8.45. The van der Waals surface area contributed by atoms with Gasteiger partial charge in [0.2, 0.25) is 5.91 Å². The third kappa shape index (κ3) is 4.92. The number of nitrogens with one attached hydrogen (secondary N) is 1. The molecule has 106 valence electrons. The molecule has 1 heterocycles. The molecule has 0 aromatic carbocycles. The van der Waals surface area contributed by atoms with Crippen LogP contribution in [0.5, 0.6) is 0 Å². The normalized spacial score (nSPS) is 18.9. The Morgan fingerprint density at radius 2 is 2.00 bits per heavy atom. The van der Waals surface area contributed by atoms with Crippen LogP contribution in [0.25, 0.3) is 0 Å². The molecular formula is C13H27N3O2. The van der Waals surface area contributed by atoms with Gasteiger partial charge < -0.3 is 20.7 Å². The summed E-state index contributed by atoms with van der Waals surface area (Å²) in [5.41, 5.74) is 5.99. The first-order valence-electron chi connectivity index (χ1n) is 7.02. The van der Waals surface area contributed by atoms with E-state index in [9.17, 15) is 4.79 Å². The number of ether oxygens (including phenoxy) is 1. The number of hydrogen-bond donors (Lipinski definition) is 2. The summed E-state index contributed by atoms with van der Waals surface area (Å²) < 4.78 is 5.28.